The van der Waals surface area contributed by atoms with Gasteiger partial charge in [0.2, 0.25) is 5.91 Å². The van der Waals surface area contributed by atoms with E-state index in [-0.39, 0.29) is 22.6 Å². The van der Waals surface area contributed by atoms with Crippen molar-refractivity contribution in [3.05, 3.63) is 65.0 Å². The summed E-state index contributed by atoms with van der Waals surface area (Å²) < 4.78 is 13.1. The second-order valence-corrected chi connectivity index (χ2v) is 6.63. The van der Waals surface area contributed by atoms with Gasteiger partial charge in [0, 0.05) is 0 Å². The third-order valence-electron chi connectivity index (χ3n) is 3.76. The molecule has 1 saturated heterocycles. The summed E-state index contributed by atoms with van der Waals surface area (Å²) in [5, 5.41) is 0.281. The van der Waals surface area contributed by atoms with Crippen LogP contribution < -0.4 is 10.6 Å². The fraction of sp³-hybridized carbons (Fsp3) is 0.167. The number of hydrogen-bond donors (Lipinski definition) is 1. The molecule has 5 nitrogen and oxygen atoms in total. The Morgan fingerprint density at radius 1 is 1.28 bits per heavy atom. The zero-order chi connectivity index (χ0) is 18.0. The third-order valence-corrected chi connectivity index (χ3v) is 4.68. The molecule has 7 heteroatoms. The topological polar surface area (TPSA) is 75.8 Å². The molecule has 0 aliphatic carbocycles. The zero-order valence-corrected chi connectivity index (χ0v) is 14.3. The van der Waals surface area contributed by atoms with Gasteiger partial charge in [0.1, 0.15) is 5.82 Å². The molecule has 0 radical (unpaired) electrons. The molecule has 0 atom stereocenters. The summed E-state index contributed by atoms with van der Waals surface area (Å²) in [7, 11) is 0. The van der Waals surface area contributed by atoms with Gasteiger partial charge >= 0.3 is 6.03 Å². The normalized spacial score (nSPS) is 15.8. The quantitative estimate of drug-likeness (QED) is 0.916. The van der Waals surface area contributed by atoms with Gasteiger partial charge in [-0.25, -0.2) is 9.18 Å². The van der Waals surface area contributed by atoms with Gasteiger partial charge in [-0.05, 0) is 48.2 Å². The van der Waals surface area contributed by atoms with E-state index in [9.17, 15) is 14.0 Å². The number of aliphatic imine (C=N–C) groups is 1. The largest absolute Gasteiger partial charge is 0.350 e. The summed E-state index contributed by atoms with van der Waals surface area (Å²) in [6, 6.07) is 11.1. The molecule has 1 aliphatic heterocycles. The van der Waals surface area contributed by atoms with Crippen LogP contribution in [0.1, 0.15) is 16.7 Å². The molecule has 0 saturated carbocycles. The molecular weight excluding hydrogens is 341 g/mol. The lowest BCUT2D eigenvalue weighted by atomic mass is 10.0. The minimum Gasteiger partial charge on any atom is -0.350 e. The number of benzene rings is 2. The predicted molar refractivity (Wildman–Crippen MR) is 97.3 cm³/mol. The maximum absolute atomic E-state index is 13.1. The van der Waals surface area contributed by atoms with Gasteiger partial charge in [0.15, 0.2) is 5.17 Å². The van der Waals surface area contributed by atoms with Gasteiger partial charge in [-0.1, -0.05) is 36.0 Å². The summed E-state index contributed by atoms with van der Waals surface area (Å²) in [5.41, 5.74) is 8.59. The summed E-state index contributed by atoms with van der Waals surface area (Å²) in [5.74, 6) is -0.249. The average Bonchev–Trinajstić information content (AvgIpc) is 2.91. The smallest absolute Gasteiger partial charge is 0.340 e. The van der Waals surface area contributed by atoms with E-state index in [1.807, 2.05) is 25.1 Å². The van der Waals surface area contributed by atoms with Crippen molar-refractivity contribution < 1.29 is 14.0 Å². The van der Waals surface area contributed by atoms with Crippen LogP contribution in [0.3, 0.4) is 0 Å². The van der Waals surface area contributed by atoms with Gasteiger partial charge in [-0.3, -0.25) is 9.69 Å². The molecule has 0 spiro atoms. The van der Waals surface area contributed by atoms with Crippen LogP contribution in [0, 0.1) is 12.7 Å². The minimum absolute atomic E-state index is 0.157. The fourth-order valence-electron chi connectivity index (χ4n) is 2.63. The van der Waals surface area contributed by atoms with Crippen molar-refractivity contribution >= 4 is 34.6 Å². The molecule has 1 aliphatic rings. The number of thioether (sulfide) groups is 1. The molecule has 25 heavy (non-hydrogen) atoms. The molecule has 128 valence electrons. The average molecular weight is 357 g/mol. The molecule has 2 aromatic carbocycles. The summed E-state index contributed by atoms with van der Waals surface area (Å²) >= 11 is 1.18. The number of amidine groups is 1. The van der Waals surface area contributed by atoms with Crippen LogP contribution in [0.15, 0.2) is 47.5 Å². The third kappa shape index (κ3) is 3.88. The highest BCUT2D eigenvalue weighted by Crippen LogP contribution is 2.32. The lowest BCUT2D eigenvalue weighted by molar-refractivity contribution is -0.115. The minimum atomic E-state index is -0.838. The van der Waals surface area contributed by atoms with E-state index in [4.69, 9.17) is 5.73 Å². The molecule has 0 aromatic heterocycles. The Morgan fingerprint density at radius 3 is 2.68 bits per heavy atom. The summed E-state index contributed by atoms with van der Waals surface area (Å²) in [6.07, 6.45) is 0.522. The molecule has 2 aromatic rings. The van der Waals surface area contributed by atoms with Crippen molar-refractivity contribution in [3.8, 4) is 0 Å². The SMILES string of the molecule is Cc1ccc(Cc2ccc(F)cc2)c(N2C(=O)CSC2=NC(N)=O)c1. The lowest BCUT2D eigenvalue weighted by Crippen LogP contribution is -2.31. The van der Waals surface area contributed by atoms with Crippen LogP contribution in [0.5, 0.6) is 0 Å². The van der Waals surface area contributed by atoms with Crippen LogP contribution in [0.2, 0.25) is 0 Å². The van der Waals surface area contributed by atoms with Gasteiger partial charge in [0.05, 0.1) is 11.4 Å². The number of primary amides is 1. The zero-order valence-electron chi connectivity index (χ0n) is 13.5. The molecular formula is C18H16FN3O2S. The van der Waals surface area contributed by atoms with Crippen molar-refractivity contribution in [2.45, 2.75) is 13.3 Å². The van der Waals surface area contributed by atoms with Crippen molar-refractivity contribution in [3.63, 3.8) is 0 Å². The number of rotatable bonds is 3. The van der Waals surface area contributed by atoms with Crippen LogP contribution in [-0.2, 0) is 11.2 Å². The first-order valence-electron chi connectivity index (χ1n) is 7.62. The van der Waals surface area contributed by atoms with Crippen LogP contribution in [-0.4, -0.2) is 22.9 Å². The maximum Gasteiger partial charge on any atom is 0.340 e. The van der Waals surface area contributed by atoms with Crippen molar-refractivity contribution in [1.29, 1.82) is 0 Å². The first-order chi connectivity index (χ1) is 11.9. The predicted octanol–water partition coefficient (Wildman–Crippen LogP) is 3.24. The van der Waals surface area contributed by atoms with Crippen molar-refractivity contribution in [2.24, 2.45) is 10.7 Å². The summed E-state index contributed by atoms with van der Waals surface area (Å²) in [4.78, 5) is 28.7. The van der Waals surface area contributed by atoms with E-state index in [0.29, 0.717) is 12.1 Å². The van der Waals surface area contributed by atoms with Crippen molar-refractivity contribution in [1.82, 2.24) is 0 Å². The van der Waals surface area contributed by atoms with Crippen LogP contribution in [0.25, 0.3) is 0 Å². The molecule has 3 rings (SSSR count). The number of carbonyl (C=O) groups excluding carboxylic acids is 2. The first-order valence-corrected chi connectivity index (χ1v) is 8.60. The monoisotopic (exact) mass is 357 g/mol. The number of carbonyl (C=O) groups is 2. The van der Waals surface area contributed by atoms with Gasteiger partial charge in [0.25, 0.3) is 0 Å². The van der Waals surface area contributed by atoms with E-state index < -0.39 is 6.03 Å². The highest BCUT2D eigenvalue weighted by molar-refractivity contribution is 8.15. The Hall–Kier alpha value is -2.67. The summed E-state index contributed by atoms with van der Waals surface area (Å²) in [6.45, 7) is 1.92. The maximum atomic E-state index is 13.1. The van der Waals surface area contributed by atoms with Gasteiger partial charge < -0.3 is 5.73 Å². The van der Waals surface area contributed by atoms with Gasteiger partial charge in [-0.15, -0.1) is 0 Å². The van der Waals surface area contributed by atoms with E-state index in [1.165, 1.54) is 28.8 Å². The highest BCUT2D eigenvalue weighted by atomic mass is 32.2. The number of halogens is 1. The standard InChI is InChI=1S/C18H16FN3O2S/c1-11-2-5-13(9-12-3-6-14(19)7-4-12)15(8-11)22-16(23)10-25-18(22)21-17(20)24/h2-8H,9-10H2,1H3,(H2,20,24). The number of aryl methyl sites for hydroxylation is 1. The molecule has 2 N–H and O–H groups in total. The molecule has 1 heterocycles. The van der Waals surface area contributed by atoms with E-state index in [2.05, 4.69) is 4.99 Å². The number of nitrogens with two attached hydrogens (primary N) is 1. The lowest BCUT2D eigenvalue weighted by Gasteiger charge is -2.20. The van der Waals surface area contributed by atoms with E-state index in [0.717, 1.165) is 16.7 Å². The van der Waals surface area contributed by atoms with Crippen LogP contribution in [0.4, 0.5) is 14.9 Å². The number of urea groups is 1. The molecule has 0 bridgehead atoms. The number of amides is 3. The second-order valence-electron chi connectivity index (χ2n) is 5.69. The Bertz CT molecular complexity index is 865. The molecule has 1 fully saturated rings. The van der Waals surface area contributed by atoms with E-state index in [1.54, 1.807) is 12.1 Å². The molecule has 3 amide bonds. The highest BCUT2D eigenvalue weighted by Gasteiger charge is 2.31. The Kier molecular flexibility index (Phi) is 4.85. The first kappa shape index (κ1) is 17.2. The van der Waals surface area contributed by atoms with Crippen molar-refractivity contribution in [2.75, 3.05) is 10.7 Å². The second kappa shape index (κ2) is 7.06. The number of hydrogen-bond acceptors (Lipinski definition) is 3. The number of anilines is 1. The number of nitrogens with zero attached hydrogens (tertiary/aromatic N) is 2. The fourth-order valence-corrected chi connectivity index (χ4v) is 3.50. The Labute approximate surface area is 148 Å². The Morgan fingerprint density at radius 2 is 2.00 bits per heavy atom. The van der Waals surface area contributed by atoms with Gasteiger partial charge in [-0.2, -0.15) is 4.99 Å². The molecule has 0 unspecified atom stereocenters. The van der Waals surface area contributed by atoms with E-state index >= 15 is 0 Å². The van der Waals surface area contributed by atoms with Crippen LogP contribution >= 0.6 is 11.8 Å². The Balaban J connectivity index is 2.02.